The Hall–Kier alpha value is -1.31. The average molecular weight is 248 g/mol. The van der Waals surface area contributed by atoms with Gasteiger partial charge in [-0.3, -0.25) is 4.79 Å². The zero-order valence-corrected chi connectivity index (χ0v) is 12.1. The van der Waals surface area contributed by atoms with Crippen LogP contribution in [0.4, 0.5) is 0 Å². The van der Waals surface area contributed by atoms with Gasteiger partial charge in [0, 0.05) is 12.3 Å². The van der Waals surface area contributed by atoms with Gasteiger partial charge < -0.3 is 5.11 Å². The first kappa shape index (κ1) is 14.7. The minimum atomic E-state index is -0.136. The fourth-order valence-electron chi connectivity index (χ4n) is 2.60. The van der Waals surface area contributed by atoms with Gasteiger partial charge in [0.1, 0.15) is 0 Å². The Balaban J connectivity index is 3.05. The molecule has 18 heavy (non-hydrogen) atoms. The molecule has 100 valence electrons. The summed E-state index contributed by atoms with van der Waals surface area (Å²) >= 11 is 0. The van der Waals surface area contributed by atoms with Crippen LogP contribution in [0.2, 0.25) is 0 Å². The van der Waals surface area contributed by atoms with Crippen LogP contribution in [-0.2, 0) is 4.79 Å². The summed E-state index contributed by atoms with van der Waals surface area (Å²) < 4.78 is 0. The van der Waals surface area contributed by atoms with Crippen LogP contribution < -0.4 is 0 Å². The third-order valence-electron chi connectivity index (χ3n) is 3.64. The van der Waals surface area contributed by atoms with Gasteiger partial charge in [0.05, 0.1) is 0 Å². The molecular weight excluding hydrogens is 224 g/mol. The smallest absolute Gasteiger partial charge is 0.197 e. The van der Waals surface area contributed by atoms with Gasteiger partial charge in [-0.05, 0) is 31.3 Å². The number of hydrogen-bond donors (Lipinski definition) is 1. The SMILES string of the molecule is CC/C=C(C)/C=C/C1C(C)=C(O)C(=O)CC1(C)C. The van der Waals surface area contributed by atoms with Crippen molar-refractivity contribution in [2.45, 2.75) is 47.5 Å². The van der Waals surface area contributed by atoms with Crippen LogP contribution >= 0.6 is 0 Å². The second-order valence-corrected chi connectivity index (χ2v) is 5.81. The lowest BCUT2D eigenvalue weighted by molar-refractivity contribution is -0.121. The van der Waals surface area contributed by atoms with E-state index < -0.39 is 0 Å². The molecule has 2 heteroatoms. The minimum absolute atomic E-state index is 0.0406. The highest BCUT2D eigenvalue weighted by Crippen LogP contribution is 2.42. The van der Waals surface area contributed by atoms with Gasteiger partial charge in [-0.15, -0.1) is 0 Å². The van der Waals surface area contributed by atoms with Crippen molar-refractivity contribution < 1.29 is 9.90 Å². The summed E-state index contributed by atoms with van der Waals surface area (Å²) in [4.78, 5) is 11.7. The Morgan fingerprint density at radius 2 is 2.11 bits per heavy atom. The molecule has 1 aliphatic rings. The number of carbonyl (C=O) groups is 1. The summed E-state index contributed by atoms with van der Waals surface area (Å²) in [5.41, 5.74) is 1.88. The van der Waals surface area contributed by atoms with Crippen LogP contribution in [0, 0.1) is 11.3 Å². The molecule has 0 aromatic heterocycles. The Morgan fingerprint density at radius 3 is 2.67 bits per heavy atom. The quantitative estimate of drug-likeness (QED) is 0.754. The van der Waals surface area contributed by atoms with Crippen LogP contribution in [0.5, 0.6) is 0 Å². The molecule has 2 nitrogen and oxygen atoms in total. The predicted octanol–water partition coefficient (Wildman–Crippen LogP) is 4.35. The van der Waals surface area contributed by atoms with Gasteiger partial charge in [0.25, 0.3) is 0 Å². The van der Waals surface area contributed by atoms with E-state index in [1.165, 1.54) is 5.57 Å². The molecular formula is C16H24O2. The van der Waals surface area contributed by atoms with Crippen LogP contribution in [0.25, 0.3) is 0 Å². The molecule has 0 saturated carbocycles. The normalized spacial score (nSPS) is 25.1. The molecule has 1 unspecified atom stereocenters. The van der Waals surface area contributed by atoms with Crippen LogP contribution in [0.1, 0.15) is 47.5 Å². The highest BCUT2D eigenvalue weighted by atomic mass is 16.3. The summed E-state index contributed by atoms with van der Waals surface area (Å²) in [7, 11) is 0. The molecule has 0 spiro atoms. The van der Waals surface area contributed by atoms with Crippen LogP contribution in [-0.4, -0.2) is 10.9 Å². The number of Topliss-reactive ketones (excluding diaryl/α,β-unsaturated/α-hetero) is 1. The van der Waals surface area contributed by atoms with E-state index in [4.69, 9.17) is 0 Å². The first-order valence-electron chi connectivity index (χ1n) is 6.57. The summed E-state index contributed by atoms with van der Waals surface area (Å²) in [6.45, 7) is 10.2. The Kier molecular flexibility index (Phi) is 4.55. The molecule has 1 N–H and O–H groups in total. The number of carbonyl (C=O) groups excluding carboxylic acids is 1. The lowest BCUT2D eigenvalue weighted by Crippen LogP contribution is -2.33. The third kappa shape index (κ3) is 3.12. The van der Waals surface area contributed by atoms with Crippen molar-refractivity contribution in [2.24, 2.45) is 11.3 Å². The molecule has 1 aliphatic carbocycles. The van der Waals surface area contributed by atoms with Gasteiger partial charge in [-0.2, -0.15) is 0 Å². The van der Waals surface area contributed by atoms with E-state index >= 15 is 0 Å². The van der Waals surface area contributed by atoms with Crippen LogP contribution in [0.3, 0.4) is 0 Å². The van der Waals surface area contributed by atoms with Gasteiger partial charge in [-0.1, -0.05) is 44.6 Å². The highest BCUT2D eigenvalue weighted by molar-refractivity contribution is 5.95. The highest BCUT2D eigenvalue weighted by Gasteiger charge is 2.38. The average Bonchev–Trinajstić information content (AvgIpc) is 2.25. The topological polar surface area (TPSA) is 37.3 Å². The van der Waals surface area contributed by atoms with Gasteiger partial charge in [0.2, 0.25) is 0 Å². The number of aliphatic hydroxyl groups excluding tert-OH is 1. The van der Waals surface area contributed by atoms with E-state index in [0.29, 0.717) is 6.42 Å². The summed E-state index contributed by atoms with van der Waals surface area (Å²) in [6.07, 6.45) is 7.78. The fourth-order valence-corrected chi connectivity index (χ4v) is 2.60. The van der Waals surface area contributed by atoms with E-state index in [1.54, 1.807) is 0 Å². The summed E-state index contributed by atoms with van der Waals surface area (Å²) in [5, 5.41) is 9.80. The van der Waals surface area contributed by atoms with E-state index in [0.717, 1.165) is 12.0 Å². The van der Waals surface area contributed by atoms with Crippen molar-refractivity contribution >= 4 is 5.78 Å². The van der Waals surface area contributed by atoms with Crippen molar-refractivity contribution in [1.29, 1.82) is 0 Å². The Bertz CT molecular complexity index is 422. The number of allylic oxidation sites excluding steroid dienone is 6. The first-order valence-corrected chi connectivity index (χ1v) is 6.57. The molecule has 0 amide bonds. The van der Waals surface area contributed by atoms with Gasteiger partial charge in [0.15, 0.2) is 11.5 Å². The zero-order chi connectivity index (χ0) is 13.9. The Morgan fingerprint density at radius 1 is 1.50 bits per heavy atom. The molecule has 0 bridgehead atoms. The Labute approximate surface area is 110 Å². The molecule has 0 saturated heterocycles. The summed E-state index contributed by atoms with van der Waals surface area (Å²) in [5.74, 6) is -0.0560. The number of ketones is 1. The monoisotopic (exact) mass is 248 g/mol. The minimum Gasteiger partial charge on any atom is -0.504 e. The fraction of sp³-hybridized carbons (Fsp3) is 0.562. The molecule has 0 aromatic carbocycles. The second kappa shape index (κ2) is 5.55. The maximum Gasteiger partial charge on any atom is 0.197 e. The molecule has 1 atom stereocenters. The van der Waals surface area contributed by atoms with E-state index in [9.17, 15) is 9.90 Å². The second-order valence-electron chi connectivity index (χ2n) is 5.81. The van der Waals surface area contributed by atoms with Crippen molar-refractivity contribution in [1.82, 2.24) is 0 Å². The van der Waals surface area contributed by atoms with Gasteiger partial charge >= 0.3 is 0 Å². The molecule has 0 radical (unpaired) electrons. The van der Waals surface area contributed by atoms with E-state index in [-0.39, 0.29) is 22.9 Å². The lowest BCUT2D eigenvalue weighted by atomic mass is 9.67. The molecule has 0 heterocycles. The lowest BCUT2D eigenvalue weighted by Gasteiger charge is -2.36. The van der Waals surface area contributed by atoms with Crippen molar-refractivity contribution in [3.05, 3.63) is 35.1 Å². The largest absolute Gasteiger partial charge is 0.504 e. The van der Waals surface area contributed by atoms with E-state index in [2.05, 4.69) is 45.9 Å². The van der Waals surface area contributed by atoms with Crippen LogP contribution in [0.15, 0.2) is 35.1 Å². The zero-order valence-electron chi connectivity index (χ0n) is 12.1. The predicted molar refractivity (Wildman–Crippen MR) is 75.4 cm³/mol. The molecule has 0 aliphatic heterocycles. The van der Waals surface area contributed by atoms with Gasteiger partial charge in [-0.25, -0.2) is 0 Å². The standard InChI is InChI=1S/C16H24O2/c1-6-7-11(2)8-9-13-12(3)15(18)14(17)10-16(13,4)5/h7-9,13,18H,6,10H2,1-5H3/b9-8+,11-7+. The van der Waals surface area contributed by atoms with Crippen molar-refractivity contribution in [2.75, 3.05) is 0 Å². The number of aliphatic hydroxyl groups is 1. The molecule has 0 fully saturated rings. The van der Waals surface area contributed by atoms with Crippen molar-refractivity contribution in [3.8, 4) is 0 Å². The number of hydrogen-bond acceptors (Lipinski definition) is 2. The maximum atomic E-state index is 11.7. The van der Waals surface area contributed by atoms with Crippen molar-refractivity contribution in [3.63, 3.8) is 0 Å². The van der Waals surface area contributed by atoms with E-state index in [1.807, 2.05) is 6.92 Å². The third-order valence-corrected chi connectivity index (χ3v) is 3.64. The maximum absolute atomic E-state index is 11.7. The molecule has 0 aromatic rings. The molecule has 1 rings (SSSR count). The first-order chi connectivity index (χ1) is 8.29. The summed E-state index contributed by atoms with van der Waals surface area (Å²) in [6, 6.07) is 0. The number of rotatable bonds is 3.